The Bertz CT molecular complexity index is 1110. The van der Waals surface area contributed by atoms with E-state index < -0.39 is 5.82 Å². The molecule has 4 aromatic rings. The predicted octanol–water partition coefficient (Wildman–Crippen LogP) is 5.97. The Labute approximate surface area is 166 Å². The van der Waals surface area contributed by atoms with Crippen molar-refractivity contribution < 1.29 is 18.0 Å². The van der Waals surface area contributed by atoms with Gasteiger partial charge < -0.3 is 13.7 Å². The first-order valence-corrected chi connectivity index (χ1v) is 9.15. The van der Waals surface area contributed by atoms with Crippen molar-refractivity contribution in [2.75, 3.05) is 0 Å². The van der Waals surface area contributed by atoms with E-state index in [1.807, 2.05) is 31.2 Å². The van der Waals surface area contributed by atoms with Crippen LogP contribution in [0.4, 0.5) is 4.39 Å². The molecular weight excluding hydrogens is 381 g/mol. The monoisotopic (exact) mass is 397 g/mol. The van der Waals surface area contributed by atoms with Crippen LogP contribution in [0.3, 0.4) is 0 Å². The minimum atomic E-state index is -0.467. The number of furan rings is 2. The van der Waals surface area contributed by atoms with Crippen molar-refractivity contribution in [3.63, 3.8) is 0 Å². The molecule has 142 valence electrons. The SMILES string of the molecule is Cc1c(C(=O)N(Cc2ccco2)Cc2c(F)cccc2Cl)oc2ccccc12. The second-order valence-electron chi connectivity index (χ2n) is 6.49. The van der Waals surface area contributed by atoms with Gasteiger partial charge in [-0.2, -0.15) is 0 Å². The molecule has 0 N–H and O–H groups in total. The molecule has 0 radical (unpaired) electrons. The van der Waals surface area contributed by atoms with Crippen molar-refractivity contribution in [2.45, 2.75) is 20.0 Å². The predicted molar refractivity (Wildman–Crippen MR) is 105 cm³/mol. The number of hydrogen-bond acceptors (Lipinski definition) is 3. The van der Waals surface area contributed by atoms with Crippen molar-refractivity contribution in [3.8, 4) is 0 Å². The van der Waals surface area contributed by atoms with E-state index >= 15 is 0 Å². The van der Waals surface area contributed by atoms with Crippen LogP contribution in [-0.4, -0.2) is 10.8 Å². The molecule has 0 saturated carbocycles. The summed E-state index contributed by atoms with van der Waals surface area (Å²) in [7, 11) is 0. The van der Waals surface area contributed by atoms with E-state index in [0.29, 0.717) is 11.3 Å². The number of hydrogen-bond donors (Lipinski definition) is 0. The van der Waals surface area contributed by atoms with Gasteiger partial charge in [0.25, 0.3) is 5.91 Å². The summed E-state index contributed by atoms with van der Waals surface area (Å²) in [6.07, 6.45) is 1.53. The van der Waals surface area contributed by atoms with E-state index in [1.165, 1.54) is 23.3 Å². The number of nitrogens with zero attached hydrogens (tertiary/aromatic N) is 1. The zero-order chi connectivity index (χ0) is 19.7. The normalized spacial score (nSPS) is 11.1. The molecule has 28 heavy (non-hydrogen) atoms. The van der Waals surface area contributed by atoms with Gasteiger partial charge in [-0.05, 0) is 37.3 Å². The molecule has 0 aliphatic heterocycles. The summed E-state index contributed by atoms with van der Waals surface area (Å²) in [6, 6.07) is 15.4. The van der Waals surface area contributed by atoms with Gasteiger partial charge in [0.2, 0.25) is 0 Å². The third-order valence-corrected chi connectivity index (χ3v) is 5.02. The number of carbonyl (C=O) groups is 1. The van der Waals surface area contributed by atoms with E-state index in [1.54, 1.807) is 18.2 Å². The van der Waals surface area contributed by atoms with Crippen molar-refractivity contribution in [1.82, 2.24) is 4.90 Å². The molecule has 2 heterocycles. The van der Waals surface area contributed by atoms with Gasteiger partial charge in [-0.25, -0.2) is 4.39 Å². The van der Waals surface area contributed by atoms with Crippen molar-refractivity contribution in [1.29, 1.82) is 0 Å². The smallest absolute Gasteiger partial charge is 0.290 e. The first-order chi connectivity index (χ1) is 13.5. The second-order valence-corrected chi connectivity index (χ2v) is 6.90. The fourth-order valence-corrected chi connectivity index (χ4v) is 3.41. The number of aryl methyl sites for hydroxylation is 1. The molecule has 0 aliphatic carbocycles. The Hall–Kier alpha value is -3.05. The fraction of sp³-hybridized carbons (Fsp3) is 0.136. The van der Waals surface area contributed by atoms with Crippen LogP contribution in [0.15, 0.2) is 69.7 Å². The summed E-state index contributed by atoms with van der Waals surface area (Å²) in [4.78, 5) is 14.8. The lowest BCUT2D eigenvalue weighted by atomic mass is 10.1. The van der Waals surface area contributed by atoms with E-state index in [2.05, 4.69) is 0 Å². The maximum absolute atomic E-state index is 14.3. The summed E-state index contributed by atoms with van der Waals surface area (Å²) in [5.74, 6) is -0.0229. The number of halogens is 2. The van der Waals surface area contributed by atoms with Crippen LogP contribution in [0.2, 0.25) is 5.02 Å². The van der Waals surface area contributed by atoms with Crippen LogP contribution in [0, 0.1) is 12.7 Å². The Balaban J connectivity index is 1.73. The molecule has 4 nitrogen and oxygen atoms in total. The minimum absolute atomic E-state index is 0.0124. The van der Waals surface area contributed by atoms with Crippen LogP contribution in [0.5, 0.6) is 0 Å². The van der Waals surface area contributed by atoms with E-state index in [0.717, 1.165) is 10.9 Å². The minimum Gasteiger partial charge on any atom is -0.467 e. The highest BCUT2D eigenvalue weighted by Gasteiger charge is 2.25. The second kappa shape index (κ2) is 7.52. The Morgan fingerprint density at radius 3 is 2.61 bits per heavy atom. The lowest BCUT2D eigenvalue weighted by Crippen LogP contribution is -2.30. The maximum Gasteiger partial charge on any atom is 0.290 e. The first-order valence-electron chi connectivity index (χ1n) is 8.77. The highest BCUT2D eigenvalue weighted by atomic mass is 35.5. The number of amides is 1. The summed E-state index contributed by atoms with van der Waals surface area (Å²) in [5.41, 5.74) is 1.62. The van der Waals surface area contributed by atoms with Gasteiger partial charge in [-0.1, -0.05) is 35.9 Å². The van der Waals surface area contributed by atoms with Gasteiger partial charge in [0.05, 0.1) is 19.4 Å². The molecule has 0 aliphatic rings. The van der Waals surface area contributed by atoms with Gasteiger partial charge in [0, 0.05) is 21.5 Å². The number of benzene rings is 2. The molecular formula is C22H17ClFNO3. The van der Waals surface area contributed by atoms with E-state index in [4.69, 9.17) is 20.4 Å². The van der Waals surface area contributed by atoms with E-state index in [9.17, 15) is 9.18 Å². The summed E-state index contributed by atoms with van der Waals surface area (Å²) in [5, 5.41) is 1.13. The number of fused-ring (bicyclic) bond motifs is 1. The fourth-order valence-electron chi connectivity index (χ4n) is 3.19. The zero-order valence-corrected chi connectivity index (χ0v) is 15.9. The average molecular weight is 398 g/mol. The van der Waals surface area contributed by atoms with Crippen LogP contribution >= 0.6 is 11.6 Å². The lowest BCUT2D eigenvalue weighted by Gasteiger charge is -2.22. The molecule has 0 saturated heterocycles. The van der Waals surface area contributed by atoms with Gasteiger partial charge >= 0.3 is 0 Å². The molecule has 2 aromatic carbocycles. The van der Waals surface area contributed by atoms with Crippen LogP contribution in [-0.2, 0) is 13.1 Å². The third kappa shape index (κ3) is 3.41. The molecule has 6 heteroatoms. The average Bonchev–Trinajstić information content (AvgIpc) is 3.31. The molecule has 0 atom stereocenters. The lowest BCUT2D eigenvalue weighted by molar-refractivity contribution is 0.0685. The molecule has 0 fully saturated rings. The molecule has 0 bridgehead atoms. The number of para-hydroxylation sites is 1. The van der Waals surface area contributed by atoms with Crippen molar-refractivity contribution >= 4 is 28.5 Å². The van der Waals surface area contributed by atoms with E-state index in [-0.39, 0.29) is 35.3 Å². The number of rotatable bonds is 5. The third-order valence-electron chi connectivity index (χ3n) is 4.66. The van der Waals surface area contributed by atoms with Gasteiger partial charge in [0.1, 0.15) is 17.2 Å². The Kier molecular flexibility index (Phi) is 4.92. The topological polar surface area (TPSA) is 46.6 Å². The molecule has 4 rings (SSSR count). The zero-order valence-electron chi connectivity index (χ0n) is 15.1. The standard InChI is InChI=1S/C22H17ClFNO3/c1-14-16-7-2-3-10-20(16)28-21(14)22(26)25(12-15-6-5-11-27-15)13-17-18(23)8-4-9-19(17)24/h2-11H,12-13H2,1H3. The summed E-state index contributed by atoms with van der Waals surface area (Å²) in [6.45, 7) is 1.98. The summed E-state index contributed by atoms with van der Waals surface area (Å²) >= 11 is 6.18. The molecule has 1 amide bonds. The summed E-state index contributed by atoms with van der Waals surface area (Å²) < 4.78 is 25.5. The quantitative estimate of drug-likeness (QED) is 0.417. The largest absolute Gasteiger partial charge is 0.467 e. The number of carbonyl (C=O) groups excluding carboxylic acids is 1. The highest BCUT2D eigenvalue weighted by Crippen LogP contribution is 2.28. The first kappa shape index (κ1) is 18.3. The Morgan fingerprint density at radius 2 is 1.89 bits per heavy atom. The van der Waals surface area contributed by atoms with Gasteiger partial charge in [0.15, 0.2) is 5.76 Å². The van der Waals surface area contributed by atoms with Gasteiger partial charge in [-0.15, -0.1) is 0 Å². The maximum atomic E-state index is 14.3. The van der Waals surface area contributed by atoms with Crippen LogP contribution in [0.1, 0.15) is 27.4 Å². The molecule has 0 unspecified atom stereocenters. The molecule has 0 spiro atoms. The Morgan fingerprint density at radius 1 is 1.07 bits per heavy atom. The van der Waals surface area contributed by atoms with Crippen LogP contribution < -0.4 is 0 Å². The van der Waals surface area contributed by atoms with Crippen LogP contribution in [0.25, 0.3) is 11.0 Å². The van der Waals surface area contributed by atoms with Crippen molar-refractivity contribution in [3.05, 3.63) is 94.3 Å². The molecule has 2 aromatic heterocycles. The van der Waals surface area contributed by atoms with Crippen molar-refractivity contribution in [2.24, 2.45) is 0 Å². The van der Waals surface area contributed by atoms with Gasteiger partial charge in [-0.3, -0.25) is 4.79 Å². The highest BCUT2D eigenvalue weighted by molar-refractivity contribution is 6.31.